The predicted octanol–water partition coefficient (Wildman–Crippen LogP) is 2.07. The fraction of sp³-hybridized carbons (Fsp3) is 0.222. The Morgan fingerprint density at radius 3 is 2.68 bits per heavy atom. The number of carbonyl (C=O) groups excluding carboxylic acids is 1. The van der Waals surface area contributed by atoms with Crippen molar-refractivity contribution in [2.75, 3.05) is 5.32 Å². The van der Waals surface area contributed by atoms with E-state index in [2.05, 4.69) is 15.4 Å². The molecule has 7 heteroatoms. The summed E-state index contributed by atoms with van der Waals surface area (Å²) in [6.45, 7) is 4.22. The molecule has 0 saturated heterocycles. The quantitative estimate of drug-likeness (QED) is 0.773. The lowest BCUT2D eigenvalue weighted by Gasteiger charge is -2.08. The number of hydrogen-bond donors (Lipinski definition) is 1. The molecule has 3 aromatic rings. The molecule has 7 nitrogen and oxygen atoms in total. The molecule has 3 aromatic heterocycles. The fourth-order valence-corrected chi connectivity index (χ4v) is 2.54. The third-order valence-corrected chi connectivity index (χ3v) is 3.74. The van der Waals surface area contributed by atoms with Crippen LogP contribution in [0.25, 0.3) is 5.82 Å². The van der Waals surface area contributed by atoms with Gasteiger partial charge in [-0.05, 0) is 38.1 Å². The monoisotopic (exact) mass is 337 g/mol. The van der Waals surface area contributed by atoms with Crippen LogP contribution in [0.3, 0.4) is 0 Å². The molecule has 0 atom stereocenters. The number of aryl methyl sites for hydroxylation is 3. The van der Waals surface area contributed by atoms with Crippen LogP contribution in [0, 0.1) is 13.8 Å². The number of rotatable bonds is 5. The minimum atomic E-state index is -0.170. The second-order valence-electron chi connectivity index (χ2n) is 5.77. The summed E-state index contributed by atoms with van der Waals surface area (Å²) in [5.41, 5.74) is 2.41. The van der Waals surface area contributed by atoms with E-state index in [4.69, 9.17) is 0 Å². The summed E-state index contributed by atoms with van der Waals surface area (Å²) in [5, 5.41) is 7.16. The highest BCUT2D eigenvalue weighted by atomic mass is 16.1. The van der Waals surface area contributed by atoms with Crippen LogP contribution in [-0.4, -0.2) is 25.2 Å². The minimum Gasteiger partial charge on any atom is -0.325 e. The number of carbonyl (C=O) groups is 1. The van der Waals surface area contributed by atoms with Crippen molar-refractivity contribution >= 4 is 11.6 Å². The normalized spacial score (nSPS) is 10.6. The number of nitrogens with one attached hydrogen (secondary N) is 1. The van der Waals surface area contributed by atoms with Crippen LogP contribution >= 0.6 is 0 Å². The average Bonchev–Trinajstić information content (AvgIpc) is 2.93. The van der Waals surface area contributed by atoms with Gasteiger partial charge < -0.3 is 9.88 Å². The van der Waals surface area contributed by atoms with Crippen LogP contribution in [-0.2, 0) is 11.3 Å². The molecule has 0 saturated carbocycles. The maximum atomic E-state index is 12.0. The van der Waals surface area contributed by atoms with Gasteiger partial charge in [-0.3, -0.25) is 9.59 Å². The first-order valence-corrected chi connectivity index (χ1v) is 7.98. The molecule has 0 aromatic carbocycles. The number of hydrogen-bond acceptors (Lipinski definition) is 4. The van der Waals surface area contributed by atoms with Crippen molar-refractivity contribution in [1.82, 2.24) is 19.3 Å². The molecule has 128 valence electrons. The van der Waals surface area contributed by atoms with Gasteiger partial charge in [0.2, 0.25) is 5.91 Å². The van der Waals surface area contributed by atoms with Gasteiger partial charge >= 0.3 is 0 Å². The third kappa shape index (κ3) is 4.00. The van der Waals surface area contributed by atoms with Gasteiger partial charge in [-0.2, -0.15) is 5.10 Å². The summed E-state index contributed by atoms with van der Waals surface area (Å²) >= 11 is 0. The molecule has 0 aliphatic heterocycles. The molecule has 3 heterocycles. The van der Waals surface area contributed by atoms with E-state index in [0.29, 0.717) is 18.1 Å². The Balaban J connectivity index is 1.61. The van der Waals surface area contributed by atoms with Gasteiger partial charge in [-0.15, -0.1) is 0 Å². The van der Waals surface area contributed by atoms with Crippen molar-refractivity contribution in [3.05, 3.63) is 70.5 Å². The number of aromatic nitrogens is 4. The van der Waals surface area contributed by atoms with Crippen LogP contribution < -0.4 is 10.9 Å². The summed E-state index contributed by atoms with van der Waals surface area (Å²) in [7, 11) is 0. The van der Waals surface area contributed by atoms with Gasteiger partial charge in [0, 0.05) is 30.9 Å². The second kappa shape index (κ2) is 7.12. The molecule has 0 fully saturated rings. The molecular weight excluding hydrogens is 318 g/mol. The Morgan fingerprint density at radius 2 is 2.04 bits per heavy atom. The SMILES string of the molecule is Cc1cc(C)n(-c2ccc(NC(=O)CCn3ccccc3=O)cn2)n1. The molecule has 1 N–H and O–H groups in total. The molecule has 0 unspecified atom stereocenters. The van der Waals surface area contributed by atoms with Crippen molar-refractivity contribution in [1.29, 1.82) is 0 Å². The maximum absolute atomic E-state index is 12.0. The van der Waals surface area contributed by atoms with Crippen molar-refractivity contribution < 1.29 is 4.79 Å². The molecule has 25 heavy (non-hydrogen) atoms. The summed E-state index contributed by atoms with van der Waals surface area (Å²) in [6.07, 6.45) is 3.47. The van der Waals surface area contributed by atoms with Crippen LogP contribution in [0.1, 0.15) is 17.8 Å². The largest absolute Gasteiger partial charge is 0.325 e. The first kappa shape index (κ1) is 16.6. The molecule has 0 spiro atoms. The number of anilines is 1. The van der Waals surface area contributed by atoms with E-state index in [-0.39, 0.29) is 17.9 Å². The number of nitrogens with zero attached hydrogens (tertiary/aromatic N) is 4. The second-order valence-corrected chi connectivity index (χ2v) is 5.77. The molecule has 0 radical (unpaired) electrons. The first-order chi connectivity index (χ1) is 12.0. The Morgan fingerprint density at radius 1 is 1.20 bits per heavy atom. The molecule has 3 rings (SSSR count). The maximum Gasteiger partial charge on any atom is 0.250 e. The number of pyridine rings is 2. The van der Waals surface area contributed by atoms with Crippen molar-refractivity contribution in [2.24, 2.45) is 0 Å². The van der Waals surface area contributed by atoms with E-state index in [0.717, 1.165) is 11.4 Å². The first-order valence-electron chi connectivity index (χ1n) is 7.98. The van der Waals surface area contributed by atoms with E-state index in [1.165, 1.54) is 10.6 Å². The zero-order chi connectivity index (χ0) is 17.8. The van der Waals surface area contributed by atoms with Gasteiger partial charge in [-0.25, -0.2) is 9.67 Å². The van der Waals surface area contributed by atoms with Crippen LogP contribution in [0.2, 0.25) is 0 Å². The van der Waals surface area contributed by atoms with E-state index >= 15 is 0 Å². The van der Waals surface area contributed by atoms with E-state index in [1.807, 2.05) is 19.9 Å². The zero-order valence-electron chi connectivity index (χ0n) is 14.1. The van der Waals surface area contributed by atoms with Gasteiger partial charge in [0.1, 0.15) is 0 Å². The third-order valence-electron chi connectivity index (χ3n) is 3.74. The summed E-state index contributed by atoms with van der Waals surface area (Å²) in [5.74, 6) is 0.524. The fourth-order valence-electron chi connectivity index (χ4n) is 2.54. The van der Waals surface area contributed by atoms with Crippen LogP contribution in [0.5, 0.6) is 0 Å². The van der Waals surface area contributed by atoms with Crippen molar-refractivity contribution in [3.8, 4) is 5.82 Å². The summed E-state index contributed by atoms with van der Waals surface area (Å²) < 4.78 is 3.26. The van der Waals surface area contributed by atoms with Gasteiger partial charge in [0.25, 0.3) is 5.56 Å². The molecule has 0 bridgehead atoms. The molecular formula is C18H19N5O2. The minimum absolute atomic E-state index is 0.119. The van der Waals surface area contributed by atoms with Crippen LogP contribution in [0.15, 0.2) is 53.6 Å². The highest BCUT2D eigenvalue weighted by molar-refractivity contribution is 5.90. The van der Waals surface area contributed by atoms with E-state index in [1.54, 1.807) is 41.3 Å². The lowest BCUT2D eigenvalue weighted by molar-refractivity contribution is -0.116. The van der Waals surface area contributed by atoms with Gasteiger partial charge in [0.15, 0.2) is 5.82 Å². The smallest absolute Gasteiger partial charge is 0.250 e. The highest BCUT2D eigenvalue weighted by Crippen LogP contribution is 2.12. The Bertz CT molecular complexity index is 941. The molecule has 0 aliphatic rings. The summed E-state index contributed by atoms with van der Waals surface area (Å²) in [4.78, 5) is 28.0. The van der Waals surface area contributed by atoms with Gasteiger partial charge in [0.05, 0.1) is 17.6 Å². The lowest BCUT2D eigenvalue weighted by Crippen LogP contribution is -2.21. The lowest BCUT2D eigenvalue weighted by atomic mass is 10.3. The van der Waals surface area contributed by atoms with Crippen LogP contribution in [0.4, 0.5) is 5.69 Å². The molecule has 0 aliphatic carbocycles. The van der Waals surface area contributed by atoms with Gasteiger partial charge in [-0.1, -0.05) is 6.07 Å². The van der Waals surface area contributed by atoms with Crippen molar-refractivity contribution in [2.45, 2.75) is 26.8 Å². The Kier molecular flexibility index (Phi) is 4.74. The average molecular weight is 337 g/mol. The Labute approximate surface area is 144 Å². The standard InChI is InChI=1S/C18H19N5O2/c1-13-11-14(2)23(21-13)16-7-6-15(12-19-16)20-17(24)8-10-22-9-4-3-5-18(22)25/h3-7,9,11-12H,8,10H2,1-2H3,(H,20,24). The number of amides is 1. The topological polar surface area (TPSA) is 81.8 Å². The summed E-state index contributed by atoms with van der Waals surface area (Å²) in [6, 6.07) is 10.5. The molecule has 1 amide bonds. The highest BCUT2D eigenvalue weighted by Gasteiger charge is 2.07. The zero-order valence-corrected chi connectivity index (χ0v) is 14.1. The van der Waals surface area contributed by atoms with E-state index in [9.17, 15) is 9.59 Å². The Hall–Kier alpha value is -3.22. The predicted molar refractivity (Wildman–Crippen MR) is 94.8 cm³/mol. The van der Waals surface area contributed by atoms with E-state index < -0.39 is 0 Å². The van der Waals surface area contributed by atoms with Crippen molar-refractivity contribution in [3.63, 3.8) is 0 Å².